The van der Waals surface area contributed by atoms with Gasteiger partial charge < -0.3 is 20.5 Å². The molecule has 1 aliphatic heterocycles. The first-order chi connectivity index (χ1) is 8.70. The lowest BCUT2D eigenvalue weighted by Crippen LogP contribution is -2.70. The molecule has 0 saturated carbocycles. The van der Waals surface area contributed by atoms with E-state index in [0.29, 0.717) is 5.75 Å². The molecule has 0 radical (unpaired) electrons. The molecule has 18 heavy (non-hydrogen) atoms. The molecule has 1 saturated heterocycles. The third kappa shape index (κ3) is 2.78. The first-order valence-corrected chi connectivity index (χ1v) is 5.59. The van der Waals surface area contributed by atoms with E-state index in [0.717, 1.165) is 0 Å². The van der Waals surface area contributed by atoms with Crippen molar-refractivity contribution in [1.29, 1.82) is 0 Å². The van der Waals surface area contributed by atoms with Gasteiger partial charge in [-0.3, -0.25) is 9.59 Å². The van der Waals surface area contributed by atoms with Crippen LogP contribution in [0.1, 0.15) is 0 Å². The summed E-state index contributed by atoms with van der Waals surface area (Å²) in [5.74, 6) is -0.0938. The molecule has 3 N–H and O–H groups in total. The zero-order valence-electron chi connectivity index (χ0n) is 9.63. The molecule has 1 heterocycles. The second-order valence-corrected chi connectivity index (χ2v) is 3.94. The largest absolute Gasteiger partial charge is 0.484 e. The van der Waals surface area contributed by atoms with Gasteiger partial charge in [0, 0.05) is 0 Å². The van der Waals surface area contributed by atoms with Crippen molar-refractivity contribution in [2.24, 2.45) is 0 Å². The van der Waals surface area contributed by atoms with Crippen molar-refractivity contribution in [3.8, 4) is 5.75 Å². The number of nitrogens with one attached hydrogen (secondary N) is 2. The Morgan fingerprint density at radius 2 is 2.11 bits per heavy atom. The van der Waals surface area contributed by atoms with Crippen LogP contribution in [0, 0.1) is 0 Å². The van der Waals surface area contributed by atoms with Crippen molar-refractivity contribution in [2.75, 3.05) is 13.2 Å². The summed E-state index contributed by atoms with van der Waals surface area (Å²) in [6, 6.07) is 7.85. The molecule has 1 fully saturated rings. The lowest BCUT2D eigenvalue weighted by molar-refractivity contribution is -0.137. The van der Waals surface area contributed by atoms with E-state index in [1.54, 1.807) is 24.3 Å². The van der Waals surface area contributed by atoms with Crippen LogP contribution in [-0.4, -0.2) is 42.2 Å². The summed E-state index contributed by atoms with van der Waals surface area (Å²) in [4.78, 5) is 22.7. The molecule has 1 aliphatic rings. The first-order valence-electron chi connectivity index (χ1n) is 5.59. The number of benzene rings is 1. The molecule has 0 spiro atoms. The van der Waals surface area contributed by atoms with Gasteiger partial charge in [0.15, 0.2) is 6.61 Å². The summed E-state index contributed by atoms with van der Waals surface area (Å²) in [6.07, 6.45) is 0. The normalized spacial score (nSPS) is 21.7. The van der Waals surface area contributed by atoms with Gasteiger partial charge in [-0.15, -0.1) is 0 Å². The molecule has 0 unspecified atom stereocenters. The highest BCUT2D eigenvalue weighted by atomic mass is 16.5. The molecule has 0 bridgehead atoms. The van der Waals surface area contributed by atoms with E-state index in [4.69, 9.17) is 9.84 Å². The standard InChI is InChI=1S/C12H14N2O4/c15-6-9-11(12(17)13-9)14-10(16)7-18-8-4-2-1-3-5-8/h1-5,9,11,15H,6-7H2,(H,13,17)(H,14,16)/t9-,11+/m1/s1. The van der Waals surface area contributed by atoms with Crippen molar-refractivity contribution in [3.63, 3.8) is 0 Å². The van der Waals surface area contributed by atoms with Gasteiger partial charge in [-0.2, -0.15) is 0 Å². The highest BCUT2D eigenvalue weighted by molar-refractivity contribution is 5.93. The van der Waals surface area contributed by atoms with E-state index in [9.17, 15) is 9.59 Å². The number of hydrogen-bond acceptors (Lipinski definition) is 4. The maximum Gasteiger partial charge on any atom is 0.258 e. The van der Waals surface area contributed by atoms with Gasteiger partial charge in [0.1, 0.15) is 11.8 Å². The van der Waals surface area contributed by atoms with Gasteiger partial charge in [0.05, 0.1) is 12.6 Å². The Labute approximate surface area is 104 Å². The van der Waals surface area contributed by atoms with Crippen molar-refractivity contribution in [3.05, 3.63) is 30.3 Å². The lowest BCUT2D eigenvalue weighted by Gasteiger charge is -2.35. The number of ether oxygens (including phenoxy) is 1. The number of carbonyl (C=O) groups is 2. The number of aliphatic hydroxyl groups is 1. The zero-order chi connectivity index (χ0) is 13.0. The topological polar surface area (TPSA) is 87.7 Å². The molecule has 2 amide bonds. The number of β-lactam (4-membered cyclic amide) rings is 1. The van der Waals surface area contributed by atoms with Gasteiger partial charge in [0.2, 0.25) is 5.91 Å². The van der Waals surface area contributed by atoms with Gasteiger partial charge in [-0.1, -0.05) is 18.2 Å². The Kier molecular flexibility index (Phi) is 3.78. The summed E-state index contributed by atoms with van der Waals surface area (Å²) >= 11 is 0. The predicted octanol–water partition coefficient (Wildman–Crippen LogP) is -0.959. The number of amides is 2. The highest BCUT2D eigenvalue weighted by Gasteiger charge is 2.39. The number of rotatable bonds is 5. The Hall–Kier alpha value is -2.08. The van der Waals surface area contributed by atoms with Gasteiger partial charge in [-0.05, 0) is 12.1 Å². The molecule has 2 rings (SSSR count). The van der Waals surface area contributed by atoms with Gasteiger partial charge in [-0.25, -0.2) is 0 Å². The van der Waals surface area contributed by atoms with Crippen LogP contribution in [0.2, 0.25) is 0 Å². The summed E-state index contributed by atoms with van der Waals surface area (Å²) in [7, 11) is 0. The molecule has 6 heteroatoms. The molecule has 2 atom stereocenters. The van der Waals surface area contributed by atoms with Crippen molar-refractivity contribution in [1.82, 2.24) is 10.6 Å². The molecule has 1 aromatic carbocycles. The third-order valence-electron chi connectivity index (χ3n) is 2.64. The second kappa shape index (κ2) is 5.50. The smallest absolute Gasteiger partial charge is 0.258 e. The van der Waals surface area contributed by atoms with Crippen LogP contribution in [0.3, 0.4) is 0 Å². The molecule has 0 aromatic heterocycles. The van der Waals surface area contributed by atoms with Crippen molar-refractivity contribution >= 4 is 11.8 Å². The van der Waals surface area contributed by atoms with Crippen molar-refractivity contribution < 1.29 is 19.4 Å². The molecule has 96 valence electrons. The summed E-state index contributed by atoms with van der Waals surface area (Å²) in [5, 5.41) is 13.9. The Balaban J connectivity index is 1.77. The number of para-hydroxylation sites is 1. The Morgan fingerprint density at radius 1 is 1.39 bits per heavy atom. The number of aliphatic hydroxyl groups excluding tert-OH is 1. The van der Waals surface area contributed by atoms with Gasteiger partial charge in [0.25, 0.3) is 5.91 Å². The van der Waals surface area contributed by atoms with Gasteiger partial charge >= 0.3 is 0 Å². The third-order valence-corrected chi connectivity index (χ3v) is 2.64. The fourth-order valence-corrected chi connectivity index (χ4v) is 1.64. The summed E-state index contributed by atoms with van der Waals surface area (Å²) in [6.45, 7) is -0.359. The van der Waals surface area contributed by atoms with Crippen molar-refractivity contribution in [2.45, 2.75) is 12.1 Å². The minimum Gasteiger partial charge on any atom is -0.484 e. The van der Waals surface area contributed by atoms with Crippen LogP contribution in [0.5, 0.6) is 5.75 Å². The summed E-state index contributed by atoms with van der Waals surface area (Å²) in [5.41, 5.74) is 0. The predicted molar refractivity (Wildman–Crippen MR) is 62.9 cm³/mol. The fraction of sp³-hybridized carbons (Fsp3) is 0.333. The lowest BCUT2D eigenvalue weighted by atomic mass is 10.00. The quantitative estimate of drug-likeness (QED) is 0.587. The van der Waals surface area contributed by atoms with E-state index in [-0.39, 0.29) is 19.1 Å². The summed E-state index contributed by atoms with van der Waals surface area (Å²) < 4.78 is 5.24. The maximum atomic E-state index is 11.5. The molecule has 1 aromatic rings. The number of hydrogen-bond donors (Lipinski definition) is 3. The van der Waals surface area contributed by atoms with Crippen LogP contribution in [0.15, 0.2) is 30.3 Å². The van der Waals surface area contributed by atoms with E-state index in [1.807, 2.05) is 6.07 Å². The van der Waals surface area contributed by atoms with Crippen LogP contribution in [0.4, 0.5) is 0 Å². The Morgan fingerprint density at radius 3 is 2.72 bits per heavy atom. The van der Waals surface area contributed by atoms with E-state index in [2.05, 4.69) is 10.6 Å². The minimum absolute atomic E-state index is 0.161. The van der Waals surface area contributed by atoms with Crippen LogP contribution in [-0.2, 0) is 9.59 Å². The van der Waals surface area contributed by atoms with E-state index < -0.39 is 18.0 Å². The number of carbonyl (C=O) groups excluding carboxylic acids is 2. The van der Waals surface area contributed by atoms with Crippen LogP contribution in [0.25, 0.3) is 0 Å². The Bertz CT molecular complexity index is 435. The average molecular weight is 250 g/mol. The maximum absolute atomic E-state index is 11.5. The minimum atomic E-state index is -0.665. The molecular formula is C12H14N2O4. The monoisotopic (exact) mass is 250 g/mol. The molecule has 0 aliphatic carbocycles. The fourth-order valence-electron chi connectivity index (χ4n) is 1.64. The first kappa shape index (κ1) is 12.4. The molecule has 6 nitrogen and oxygen atoms in total. The molecular weight excluding hydrogens is 236 g/mol. The van der Waals surface area contributed by atoms with E-state index in [1.165, 1.54) is 0 Å². The SMILES string of the molecule is O=C(COc1ccccc1)N[C@@H]1C(=O)N[C@@H]1CO. The second-order valence-electron chi connectivity index (χ2n) is 3.94. The highest BCUT2D eigenvalue weighted by Crippen LogP contribution is 2.08. The van der Waals surface area contributed by atoms with Crippen LogP contribution < -0.4 is 15.4 Å². The van der Waals surface area contributed by atoms with E-state index >= 15 is 0 Å². The van der Waals surface area contributed by atoms with Crippen LogP contribution >= 0.6 is 0 Å². The average Bonchev–Trinajstić information content (AvgIpc) is 2.41. The zero-order valence-corrected chi connectivity index (χ0v) is 9.63.